The van der Waals surface area contributed by atoms with Crippen molar-refractivity contribution in [1.29, 1.82) is 0 Å². The molecule has 0 saturated carbocycles. The first kappa shape index (κ1) is 21.0. The molecule has 2 aromatic rings. The van der Waals surface area contributed by atoms with Crippen LogP contribution in [-0.2, 0) is 10.0 Å². The molecule has 1 aliphatic heterocycles. The van der Waals surface area contributed by atoms with Crippen molar-refractivity contribution in [1.82, 2.24) is 4.90 Å². The Morgan fingerprint density at radius 1 is 0.931 bits per heavy atom. The molecule has 1 N–H and O–H groups in total. The van der Waals surface area contributed by atoms with Gasteiger partial charge in [-0.05, 0) is 43.2 Å². The number of nitrogens with zero attached hydrogens (tertiary/aromatic N) is 1. The largest absolute Gasteiger partial charge is 0.496 e. The number of methoxy groups -OCH3 is 2. The first-order valence-electron chi connectivity index (χ1n) is 9.59. The number of hydrogen-bond acceptors (Lipinski definition) is 5. The lowest BCUT2D eigenvalue weighted by molar-refractivity contribution is 0.0758. The molecule has 0 radical (unpaired) electrons. The maximum atomic E-state index is 13.1. The summed E-state index contributed by atoms with van der Waals surface area (Å²) in [7, 11) is -0.982. The lowest BCUT2D eigenvalue weighted by atomic mass is 10.1. The highest BCUT2D eigenvalue weighted by Gasteiger charge is 2.24. The van der Waals surface area contributed by atoms with E-state index in [0.717, 1.165) is 25.7 Å². The van der Waals surface area contributed by atoms with E-state index in [1.165, 1.54) is 32.4 Å². The van der Waals surface area contributed by atoms with E-state index in [4.69, 9.17) is 9.47 Å². The lowest BCUT2D eigenvalue weighted by Crippen LogP contribution is -2.32. The fourth-order valence-corrected chi connectivity index (χ4v) is 4.49. The first-order valence-corrected chi connectivity index (χ1v) is 11.1. The summed E-state index contributed by atoms with van der Waals surface area (Å²) in [6, 6.07) is 11.1. The number of para-hydroxylation sites is 2. The average Bonchev–Trinajstić information content (AvgIpc) is 3.02. The molecule has 8 heteroatoms. The maximum absolute atomic E-state index is 13.1. The highest BCUT2D eigenvalue weighted by Crippen LogP contribution is 2.29. The second-order valence-electron chi connectivity index (χ2n) is 6.87. The molecule has 1 saturated heterocycles. The van der Waals surface area contributed by atoms with Gasteiger partial charge in [-0.25, -0.2) is 8.42 Å². The molecule has 0 bridgehead atoms. The number of rotatable bonds is 6. The standard InChI is InChI=1S/C21H26N2O5S/c1-27-19-12-11-16(15-17(19)21(24)23-13-7-3-4-8-14-23)29(25,26)22-18-9-5-6-10-20(18)28-2/h5-6,9-12,15,22H,3-4,7-8,13-14H2,1-2H3. The van der Waals surface area contributed by atoms with Crippen LogP contribution in [0.25, 0.3) is 0 Å². The highest BCUT2D eigenvalue weighted by molar-refractivity contribution is 7.92. The van der Waals surface area contributed by atoms with Crippen molar-refractivity contribution in [2.45, 2.75) is 30.6 Å². The minimum Gasteiger partial charge on any atom is -0.496 e. The first-order chi connectivity index (χ1) is 14.0. The molecule has 2 aromatic carbocycles. The van der Waals surface area contributed by atoms with Gasteiger partial charge in [-0.3, -0.25) is 9.52 Å². The minimum atomic E-state index is -3.92. The second kappa shape index (κ2) is 9.17. The fraction of sp³-hybridized carbons (Fsp3) is 0.381. The number of hydrogen-bond donors (Lipinski definition) is 1. The Morgan fingerprint density at radius 2 is 1.59 bits per heavy atom. The topological polar surface area (TPSA) is 84.9 Å². The molecule has 3 rings (SSSR count). The normalized spacial score (nSPS) is 14.8. The molecular weight excluding hydrogens is 392 g/mol. The number of anilines is 1. The van der Waals surface area contributed by atoms with E-state index >= 15 is 0 Å². The Labute approximate surface area is 171 Å². The summed E-state index contributed by atoms with van der Waals surface area (Å²) >= 11 is 0. The van der Waals surface area contributed by atoms with Gasteiger partial charge < -0.3 is 14.4 Å². The molecule has 1 amide bonds. The van der Waals surface area contributed by atoms with Gasteiger partial charge in [0.1, 0.15) is 11.5 Å². The summed E-state index contributed by atoms with van der Waals surface area (Å²) in [5.74, 6) is 0.555. The third kappa shape index (κ3) is 4.82. The van der Waals surface area contributed by atoms with Crippen LogP contribution < -0.4 is 14.2 Å². The van der Waals surface area contributed by atoms with E-state index in [0.29, 0.717) is 30.3 Å². The summed E-state index contributed by atoms with van der Waals surface area (Å²) in [6.45, 7) is 1.33. The van der Waals surface area contributed by atoms with Crippen molar-refractivity contribution < 1.29 is 22.7 Å². The van der Waals surface area contributed by atoms with Gasteiger partial charge in [0, 0.05) is 13.1 Å². The number of ether oxygens (including phenoxy) is 2. The van der Waals surface area contributed by atoms with Gasteiger partial charge in [0.15, 0.2) is 0 Å². The van der Waals surface area contributed by atoms with Crippen LogP contribution in [0.3, 0.4) is 0 Å². The highest BCUT2D eigenvalue weighted by atomic mass is 32.2. The molecule has 7 nitrogen and oxygen atoms in total. The zero-order valence-electron chi connectivity index (χ0n) is 16.7. The third-order valence-electron chi connectivity index (χ3n) is 4.96. The van der Waals surface area contributed by atoms with Gasteiger partial charge in [0.05, 0.1) is 30.4 Å². The number of carbonyl (C=O) groups is 1. The van der Waals surface area contributed by atoms with Crippen LogP contribution >= 0.6 is 0 Å². The van der Waals surface area contributed by atoms with Crippen LogP contribution in [0.4, 0.5) is 5.69 Å². The number of carbonyl (C=O) groups excluding carboxylic acids is 1. The molecule has 0 atom stereocenters. The molecule has 0 unspecified atom stereocenters. The van der Waals surface area contributed by atoms with Gasteiger partial charge in [0.2, 0.25) is 0 Å². The summed E-state index contributed by atoms with van der Waals surface area (Å²) in [6.07, 6.45) is 4.08. The molecule has 0 aromatic heterocycles. The fourth-order valence-electron chi connectivity index (χ4n) is 3.40. The van der Waals surface area contributed by atoms with Gasteiger partial charge in [-0.2, -0.15) is 0 Å². The summed E-state index contributed by atoms with van der Waals surface area (Å²) < 4.78 is 39.0. The van der Waals surface area contributed by atoms with Gasteiger partial charge >= 0.3 is 0 Å². The molecule has 29 heavy (non-hydrogen) atoms. The Bertz CT molecular complexity index is 967. The van der Waals surface area contributed by atoms with Crippen LogP contribution in [0.5, 0.6) is 11.5 Å². The molecule has 1 fully saturated rings. The zero-order valence-corrected chi connectivity index (χ0v) is 17.5. The maximum Gasteiger partial charge on any atom is 0.262 e. The van der Waals surface area contributed by atoms with Gasteiger partial charge in [-0.1, -0.05) is 25.0 Å². The van der Waals surface area contributed by atoms with E-state index in [2.05, 4.69) is 4.72 Å². The average molecular weight is 419 g/mol. The lowest BCUT2D eigenvalue weighted by Gasteiger charge is -2.22. The number of likely N-dealkylation sites (tertiary alicyclic amines) is 1. The van der Waals surface area contributed by atoms with Crippen molar-refractivity contribution in [2.75, 3.05) is 32.0 Å². The monoisotopic (exact) mass is 418 g/mol. The quantitative estimate of drug-likeness (QED) is 0.776. The van der Waals surface area contributed by atoms with Crippen molar-refractivity contribution in [3.63, 3.8) is 0 Å². The van der Waals surface area contributed by atoms with E-state index in [1.54, 1.807) is 29.2 Å². The number of amides is 1. The second-order valence-corrected chi connectivity index (χ2v) is 8.56. The number of benzene rings is 2. The number of sulfonamides is 1. The van der Waals surface area contributed by atoms with Crippen LogP contribution in [0, 0.1) is 0 Å². The summed E-state index contributed by atoms with van der Waals surface area (Å²) in [5, 5.41) is 0. The van der Waals surface area contributed by atoms with Crippen LogP contribution in [0.15, 0.2) is 47.4 Å². The molecule has 0 spiro atoms. The van der Waals surface area contributed by atoms with Crippen molar-refractivity contribution in [3.05, 3.63) is 48.0 Å². The summed E-state index contributed by atoms with van der Waals surface area (Å²) in [5.41, 5.74) is 0.573. The zero-order chi connectivity index (χ0) is 20.9. The predicted molar refractivity (Wildman–Crippen MR) is 111 cm³/mol. The van der Waals surface area contributed by atoms with E-state index in [-0.39, 0.29) is 16.4 Å². The minimum absolute atomic E-state index is 0.0117. The Morgan fingerprint density at radius 3 is 2.24 bits per heavy atom. The molecular formula is C21H26N2O5S. The van der Waals surface area contributed by atoms with E-state index < -0.39 is 10.0 Å². The Hall–Kier alpha value is -2.74. The van der Waals surface area contributed by atoms with Gasteiger partial charge in [0.25, 0.3) is 15.9 Å². The smallest absolute Gasteiger partial charge is 0.262 e. The van der Waals surface area contributed by atoms with Crippen molar-refractivity contribution in [3.8, 4) is 11.5 Å². The molecule has 0 aliphatic carbocycles. The Kier molecular flexibility index (Phi) is 6.64. The van der Waals surface area contributed by atoms with Crippen LogP contribution in [0.1, 0.15) is 36.0 Å². The number of nitrogens with one attached hydrogen (secondary N) is 1. The van der Waals surface area contributed by atoms with Crippen LogP contribution in [0.2, 0.25) is 0 Å². The van der Waals surface area contributed by atoms with Crippen LogP contribution in [-0.4, -0.2) is 46.5 Å². The molecule has 1 aliphatic rings. The molecule has 1 heterocycles. The van der Waals surface area contributed by atoms with Crippen molar-refractivity contribution in [2.24, 2.45) is 0 Å². The van der Waals surface area contributed by atoms with Crippen molar-refractivity contribution >= 4 is 21.6 Å². The van der Waals surface area contributed by atoms with Gasteiger partial charge in [-0.15, -0.1) is 0 Å². The molecule has 156 valence electrons. The Balaban J connectivity index is 1.93. The van der Waals surface area contributed by atoms with E-state index in [1.807, 2.05) is 0 Å². The third-order valence-corrected chi connectivity index (χ3v) is 6.32. The van der Waals surface area contributed by atoms with E-state index in [9.17, 15) is 13.2 Å². The predicted octanol–water partition coefficient (Wildman–Crippen LogP) is 3.52. The SMILES string of the molecule is COc1ccccc1NS(=O)(=O)c1ccc(OC)c(C(=O)N2CCCCCC2)c1. The summed E-state index contributed by atoms with van der Waals surface area (Å²) in [4.78, 5) is 14.8.